The number of epoxide rings is 2. The van der Waals surface area contributed by atoms with E-state index < -0.39 is 0 Å². The van der Waals surface area contributed by atoms with E-state index in [4.69, 9.17) is 9.47 Å². The van der Waals surface area contributed by atoms with Crippen LogP contribution in [-0.2, 0) is 14.3 Å². The smallest absolute Gasteiger partial charge is 0.155 e. The Kier molecular flexibility index (Phi) is 4.14. The molecule has 0 aromatic heterocycles. The summed E-state index contributed by atoms with van der Waals surface area (Å²) < 4.78 is 12.2. The highest BCUT2D eigenvalue weighted by molar-refractivity contribution is 5.92. The Hall–Kier alpha value is -0.670. The standard InChI is InChI=1S/C27H40O3/c1-15(6-9-21-25(2,3)30-21)17-7-8-18-22-19(11-13-26(17,18)4)27(5)12-10-16(28)14-20(27)23-24(22)29-23/h14-15,17-19,21-24H,6-13H2,1-5H3/t15-,17-,18+,19+,21?,22+,23+,24-,26-,27-/m1/s1. The van der Waals surface area contributed by atoms with Crippen molar-refractivity contribution in [3.05, 3.63) is 11.6 Å². The van der Waals surface area contributed by atoms with Gasteiger partial charge in [-0.1, -0.05) is 20.8 Å². The van der Waals surface area contributed by atoms with Gasteiger partial charge in [0.2, 0.25) is 0 Å². The average molecular weight is 413 g/mol. The van der Waals surface area contributed by atoms with E-state index >= 15 is 0 Å². The first-order chi connectivity index (χ1) is 14.1. The molecule has 0 spiro atoms. The van der Waals surface area contributed by atoms with Crippen LogP contribution in [-0.4, -0.2) is 29.7 Å². The number of ether oxygens (including phenoxy) is 2. The first kappa shape index (κ1) is 20.0. The Labute approximate surface area is 182 Å². The zero-order valence-electron chi connectivity index (χ0n) is 19.6. The van der Waals surface area contributed by atoms with E-state index in [-0.39, 0.29) is 17.1 Å². The predicted molar refractivity (Wildman–Crippen MR) is 117 cm³/mol. The molecule has 0 bridgehead atoms. The van der Waals surface area contributed by atoms with Gasteiger partial charge < -0.3 is 9.47 Å². The van der Waals surface area contributed by atoms with E-state index in [0.717, 1.165) is 30.6 Å². The summed E-state index contributed by atoms with van der Waals surface area (Å²) in [6.07, 6.45) is 12.9. The Morgan fingerprint density at radius 2 is 1.87 bits per heavy atom. The van der Waals surface area contributed by atoms with Crippen LogP contribution in [0.25, 0.3) is 0 Å². The van der Waals surface area contributed by atoms with Crippen molar-refractivity contribution in [3.8, 4) is 0 Å². The van der Waals surface area contributed by atoms with Gasteiger partial charge in [0.15, 0.2) is 5.78 Å². The number of hydrogen-bond donors (Lipinski definition) is 0. The zero-order valence-corrected chi connectivity index (χ0v) is 19.6. The molecule has 0 radical (unpaired) electrons. The molecule has 0 amide bonds. The number of carbonyl (C=O) groups excluding carboxylic acids is 1. The molecule has 3 nitrogen and oxygen atoms in total. The van der Waals surface area contributed by atoms with Gasteiger partial charge in [-0.3, -0.25) is 4.79 Å². The molecule has 0 N–H and O–H groups in total. The minimum atomic E-state index is 0.127. The van der Waals surface area contributed by atoms with Crippen LogP contribution in [0.2, 0.25) is 0 Å². The Morgan fingerprint density at radius 3 is 2.60 bits per heavy atom. The fourth-order valence-corrected chi connectivity index (χ4v) is 9.14. The van der Waals surface area contributed by atoms with E-state index in [1.807, 2.05) is 6.08 Å². The van der Waals surface area contributed by atoms with Gasteiger partial charge in [-0.2, -0.15) is 0 Å². The van der Waals surface area contributed by atoms with Gasteiger partial charge in [0.1, 0.15) is 6.10 Å². The van der Waals surface area contributed by atoms with Gasteiger partial charge >= 0.3 is 0 Å². The van der Waals surface area contributed by atoms with Crippen molar-refractivity contribution < 1.29 is 14.3 Å². The second kappa shape index (κ2) is 6.22. The lowest BCUT2D eigenvalue weighted by Crippen LogP contribution is -2.53. The van der Waals surface area contributed by atoms with Crippen LogP contribution in [0.4, 0.5) is 0 Å². The summed E-state index contributed by atoms with van der Waals surface area (Å²) in [5.41, 5.74) is 2.17. The van der Waals surface area contributed by atoms with Crippen molar-refractivity contribution in [3.63, 3.8) is 0 Å². The van der Waals surface area contributed by atoms with Crippen LogP contribution in [0.15, 0.2) is 11.6 Å². The molecule has 166 valence electrons. The second-order valence-corrected chi connectivity index (χ2v) is 12.8. The van der Waals surface area contributed by atoms with Crippen LogP contribution < -0.4 is 0 Å². The highest BCUT2D eigenvalue weighted by Gasteiger charge is 2.69. The van der Waals surface area contributed by atoms with E-state index in [1.165, 1.54) is 44.1 Å². The maximum Gasteiger partial charge on any atom is 0.155 e. The SMILES string of the molecule is C[C@H](CCC1OC1(C)C)[C@H]1CC[C@H]2[C@@H]3[C@H]4O[C@H]4C4=CC(=O)CC[C@]4(C)[C@H]3CC[C@]12C. The highest BCUT2D eigenvalue weighted by Crippen LogP contribution is 2.71. The highest BCUT2D eigenvalue weighted by atomic mass is 16.6. The van der Waals surface area contributed by atoms with Gasteiger partial charge in [0.25, 0.3) is 0 Å². The third-order valence-electron chi connectivity index (χ3n) is 11.0. The third-order valence-corrected chi connectivity index (χ3v) is 11.0. The van der Waals surface area contributed by atoms with Crippen LogP contribution >= 0.6 is 0 Å². The number of hydrogen-bond acceptors (Lipinski definition) is 3. The summed E-state index contributed by atoms with van der Waals surface area (Å²) >= 11 is 0. The van der Waals surface area contributed by atoms with Crippen LogP contribution in [0.3, 0.4) is 0 Å². The lowest BCUT2D eigenvalue weighted by Gasteiger charge is -2.57. The van der Waals surface area contributed by atoms with Crippen molar-refractivity contribution in [2.45, 2.75) is 110 Å². The minimum absolute atomic E-state index is 0.127. The molecule has 0 aromatic carbocycles. The van der Waals surface area contributed by atoms with Gasteiger partial charge in [-0.05, 0) is 111 Å². The fraction of sp³-hybridized carbons (Fsp3) is 0.889. The van der Waals surface area contributed by atoms with Crippen molar-refractivity contribution in [2.75, 3.05) is 0 Å². The predicted octanol–water partition coefficient (Wildman–Crippen LogP) is 5.72. The van der Waals surface area contributed by atoms with E-state index in [1.54, 1.807) is 0 Å². The fourth-order valence-electron chi connectivity index (χ4n) is 9.14. The van der Waals surface area contributed by atoms with Gasteiger partial charge in [0, 0.05) is 6.42 Å². The van der Waals surface area contributed by atoms with Crippen LogP contribution in [0.1, 0.15) is 86.0 Å². The van der Waals surface area contributed by atoms with Gasteiger partial charge in [0.05, 0.1) is 17.8 Å². The molecule has 5 fully saturated rings. The van der Waals surface area contributed by atoms with Crippen molar-refractivity contribution >= 4 is 5.78 Å². The molecule has 10 atom stereocenters. The maximum absolute atomic E-state index is 12.1. The molecular weight excluding hydrogens is 372 g/mol. The van der Waals surface area contributed by atoms with Gasteiger partial charge in [-0.15, -0.1) is 0 Å². The molecule has 6 aliphatic rings. The summed E-state index contributed by atoms with van der Waals surface area (Å²) in [6.45, 7) is 12.1. The van der Waals surface area contributed by atoms with E-state index in [0.29, 0.717) is 35.2 Å². The summed E-state index contributed by atoms with van der Waals surface area (Å²) in [5.74, 6) is 4.20. The van der Waals surface area contributed by atoms with Crippen LogP contribution in [0, 0.1) is 40.4 Å². The molecule has 4 aliphatic carbocycles. The van der Waals surface area contributed by atoms with E-state index in [9.17, 15) is 4.79 Å². The molecule has 3 saturated carbocycles. The average Bonchev–Trinajstić information content (AvgIpc) is 3.56. The van der Waals surface area contributed by atoms with E-state index in [2.05, 4.69) is 34.6 Å². The van der Waals surface area contributed by atoms with Crippen LogP contribution in [0.5, 0.6) is 0 Å². The van der Waals surface area contributed by atoms with Crippen molar-refractivity contribution in [1.82, 2.24) is 0 Å². The normalized spacial score (nSPS) is 53.7. The summed E-state index contributed by atoms with van der Waals surface area (Å²) in [5, 5.41) is 0. The molecule has 0 aromatic rings. The second-order valence-electron chi connectivity index (χ2n) is 12.8. The molecule has 6 rings (SSSR count). The monoisotopic (exact) mass is 412 g/mol. The van der Waals surface area contributed by atoms with Crippen molar-refractivity contribution in [1.29, 1.82) is 0 Å². The van der Waals surface area contributed by atoms with Crippen molar-refractivity contribution in [2.24, 2.45) is 40.4 Å². The summed E-state index contributed by atoms with van der Waals surface area (Å²) in [4.78, 5) is 12.1. The minimum Gasteiger partial charge on any atom is -0.367 e. The van der Waals surface area contributed by atoms with Gasteiger partial charge in [-0.25, -0.2) is 0 Å². The largest absolute Gasteiger partial charge is 0.367 e. The Morgan fingerprint density at radius 1 is 1.10 bits per heavy atom. The molecule has 3 heteroatoms. The Balaban J connectivity index is 1.22. The molecule has 30 heavy (non-hydrogen) atoms. The molecule has 2 saturated heterocycles. The lowest BCUT2D eigenvalue weighted by atomic mass is 9.46. The Bertz CT molecular complexity index is 798. The first-order valence-corrected chi connectivity index (χ1v) is 12.7. The molecular formula is C27H40O3. The topological polar surface area (TPSA) is 42.1 Å². The maximum atomic E-state index is 12.1. The third kappa shape index (κ3) is 2.66. The zero-order chi connectivity index (χ0) is 21.1. The lowest BCUT2D eigenvalue weighted by molar-refractivity contribution is -0.117. The number of fused-ring (bicyclic) bond motifs is 8. The molecule has 2 aliphatic heterocycles. The molecule has 1 unspecified atom stereocenters. The summed E-state index contributed by atoms with van der Waals surface area (Å²) in [6, 6.07) is 0. The number of ketones is 1. The quantitative estimate of drug-likeness (QED) is 0.555. The molecule has 2 heterocycles. The first-order valence-electron chi connectivity index (χ1n) is 12.7. The number of carbonyl (C=O) groups is 1. The number of rotatable bonds is 4. The summed E-state index contributed by atoms with van der Waals surface area (Å²) in [7, 11) is 0.